The van der Waals surface area contributed by atoms with Crippen molar-refractivity contribution in [3.63, 3.8) is 0 Å². The lowest BCUT2D eigenvalue weighted by Crippen LogP contribution is -2.39. The molecule has 0 unspecified atom stereocenters. The Kier molecular flexibility index (Phi) is 4.66. The molecule has 1 fully saturated rings. The molecule has 4 rings (SSSR count). The largest absolute Gasteiger partial charge is 0.338 e. The van der Waals surface area contributed by atoms with Gasteiger partial charge in [-0.15, -0.1) is 10.2 Å². The Balaban J connectivity index is 1.50. The van der Waals surface area contributed by atoms with Crippen molar-refractivity contribution >= 4 is 5.91 Å². The van der Waals surface area contributed by atoms with Gasteiger partial charge >= 0.3 is 0 Å². The molecule has 8 nitrogen and oxygen atoms in total. The Hall–Kier alpha value is -3.10. The maximum Gasteiger partial charge on any atom is 0.255 e. The van der Waals surface area contributed by atoms with Gasteiger partial charge in [-0.25, -0.2) is 9.37 Å². The van der Waals surface area contributed by atoms with Gasteiger partial charge in [0.05, 0.1) is 24.6 Å². The van der Waals surface area contributed by atoms with E-state index in [9.17, 15) is 9.18 Å². The van der Waals surface area contributed by atoms with Crippen molar-refractivity contribution in [2.45, 2.75) is 25.3 Å². The summed E-state index contributed by atoms with van der Waals surface area (Å²) in [5.74, 6) is 1.08. The number of pyridine rings is 1. The lowest BCUT2D eigenvalue weighted by Gasteiger charge is -2.32. The fraction of sp³-hybridized carbons (Fsp3) is 0.389. The molecule has 0 aromatic carbocycles. The van der Waals surface area contributed by atoms with Gasteiger partial charge in [-0.05, 0) is 18.9 Å². The molecule has 3 aromatic rings. The van der Waals surface area contributed by atoms with E-state index >= 15 is 0 Å². The number of carbonyl (C=O) groups is 1. The van der Waals surface area contributed by atoms with Gasteiger partial charge in [0.1, 0.15) is 11.6 Å². The van der Waals surface area contributed by atoms with Crippen molar-refractivity contribution in [1.29, 1.82) is 0 Å². The highest BCUT2D eigenvalue weighted by Crippen LogP contribution is 2.27. The predicted molar refractivity (Wildman–Crippen MR) is 94.4 cm³/mol. The first-order chi connectivity index (χ1) is 13.1. The topological polar surface area (TPSA) is 81.7 Å². The number of amides is 1. The molecule has 1 atom stereocenters. The van der Waals surface area contributed by atoms with Crippen molar-refractivity contribution in [2.75, 3.05) is 13.1 Å². The summed E-state index contributed by atoms with van der Waals surface area (Å²) in [6, 6.07) is 1.23. The number of nitrogens with zero attached hydrogens (tertiary/aromatic N) is 7. The van der Waals surface area contributed by atoms with E-state index in [2.05, 4.69) is 20.2 Å². The van der Waals surface area contributed by atoms with E-state index in [1.807, 2.05) is 22.4 Å². The van der Waals surface area contributed by atoms with Gasteiger partial charge in [-0.2, -0.15) is 0 Å². The zero-order valence-corrected chi connectivity index (χ0v) is 15.0. The Morgan fingerprint density at radius 1 is 1.30 bits per heavy atom. The van der Waals surface area contributed by atoms with E-state index < -0.39 is 5.82 Å². The van der Waals surface area contributed by atoms with Gasteiger partial charge in [-0.1, -0.05) is 0 Å². The van der Waals surface area contributed by atoms with Crippen LogP contribution in [0.1, 0.15) is 40.8 Å². The van der Waals surface area contributed by atoms with Crippen LogP contribution in [0.5, 0.6) is 0 Å². The minimum absolute atomic E-state index is 0.0956. The van der Waals surface area contributed by atoms with Crippen LogP contribution in [0.15, 0.2) is 37.2 Å². The van der Waals surface area contributed by atoms with Crippen molar-refractivity contribution < 1.29 is 9.18 Å². The highest BCUT2D eigenvalue weighted by molar-refractivity contribution is 5.94. The minimum Gasteiger partial charge on any atom is -0.338 e. The molecule has 140 valence electrons. The average Bonchev–Trinajstić information content (AvgIpc) is 3.32. The van der Waals surface area contributed by atoms with Crippen molar-refractivity contribution in [1.82, 2.24) is 34.2 Å². The molecule has 0 radical (unpaired) electrons. The van der Waals surface area contributed by atoms with Crippen LogP contribution >= 0.6 is 0 Å². The molecule has 0 N–H and O–H groups in total. The second-order valence-electron chi connectivity index (χ2n) is 6.75. The van der Waals surface area contributed by atoms with Crippen molar-refractivity contribution in [3.8, 4) is 0 Å². The molecule has 1 amide bonds. The molecule has 1 saturated heterocycles. The molecular weight excluding hydrogens is 349 g/mol. The molecule has 1 aliphatic rings. The fourth-order valence-corrected chi connectivity index (χ4v) is 3.50. The molecule has 27 heavy (non-hydrogen) atoms. The van der Waals surface area contributed by atoms with Crippen LogP contribution < -0.4 is 0 Å². The number of imidazole rings is 1. The predicted octanol–water partition coefficient (Wildman–Crippen LogP) is 1.61. The van der Waals surface area contributed by atoms with Crippen LogP contribution in [0.2, 0.25) is 0 Å². The molecule has 0 aliphatic carbocycles. The average molecular weight is 369 g/mol. The van der Waals surface area contributed by atoms with E-state index in [1.165, 1.54) is 12.3 Å². The summed E-state index contributed by atoms with van der Waals surface area (Å²) in [5.41, 5.74) is 0.273. The highest BCUT2D eigenvalue weighted by Gasteiger charge is 2.29. The SMILES string of the molecule is Cn1c(Cn2ccnc2)nnc1[C@@H]1CCCN(C(=O)c2cncc(F)c2)C1. The van der Waals surface area contributed by atoms with Gasteiger partial charge < -0.3 is 14.0 Å². The molecule has 0 bridgehead atoms. The first-order valence-corrected chi connectivity index (χ1v) is 8.85. The van der Waals surface area contributed by atoms with Crippen LogP contribution in [0.25, 0.3) is 0 Å². The summed E-state index contributed by atoms with van der Waals surface area (Å²) >= 11 is 0. The maximum absolute atomic E-state index is 13.4. The number of rotatable bonds is 4. The zero-order chi connectivity index (χ0) is 18.8. The number of carbonyl (C=O) groups excluding carboxylic acids is 1. The van der Waals surface area contributed by atoms with E-state index in [0.29, 0.717) is 19.6 Å². The molecule has 0 saturated carbocycles. The van der Waals surface area contributed by atoms with Crippen LogP contribution in [0.3, 0.4) is 0 Å². The molecular formula is C18H20FN7O. The normalized spacial score (nSPS) is 17.3. The lowest BCUT2D eigenvalue weighted by molar-refractivity contribution is 0.0702. The van der Waals surface area contributed by atoms with E-state index in [1.54, 1.807) is 17.4 Å². The molecule has 3 aromatic heterocycles. The third-order valence-corrected chi connectivity index (χ3v) is 4.91. The quantitative estimate of drug-likeness (QED) is 0.698. The van der Waals surface area contributed by atoms with Crippen LogP contribution in [-0.2, 0) is 13.6 Å². The second kappa shape index (κ2) is 7.26. The number of piperidine rings is 1. The van der Waals surface area contributed by atoms with E-state index in [-0.39, 0.29) is 17.4 Å². The van der Waals surface area contributed by atoms with E-state index in [0.717, 1.165) is 30.7 Å². The van der Waals surface area contributed by atoms with E-state index in [4.69, 9.17) is 0 Å². The third kappa shape index (κ3) is 3.57. The summed E-state index contributed by atoms with van der Waals surface area (Å²) in [7, 11) is 1.94. The number of hydrogen-bond donors (Lipinski definition) is 0. The molecule has 4 heterocycles. The second-order valence-corrected chi connectivity index (χ2v) is 6.75. The maximum atomic E-state index is 13.4. The van der Waals surface area contributed by atoms with Gasteiger partial charge in [0.15, 0.2) is 5.82 Å². The molecule has 9 heteroatoms. The Morgan fingerprint density at radius 3 is 2.96 bits per heavy atom. The van der Waals surface area contributed by atoms with Gasteiger partial charge in [0.2, 0.25) is 0 Å². The smallest absolute Gasteiger partial charge is 0.255 e. The Bertz CT molecular complexity index is 937. The Labute approximate surface area is 155 Å². The first-order valence-electron chi connectivity index (χ1n) is 8.85. The summed E-state index contributed by atoms with van der Waals surface area (Å²) in [4.78, 5) is 22.3. The van der Waals surface area contributed by atoms with Gasteiger partial charge in [0.25, 0.3) is 5.91 Å². The van der Waals surface area contributed by atoms with Crippen molar-refractivity contribution in [2.24, 2.45) is 7.05 Å². The first kappa shape index (κ1) is 17.3. The van der Waals surface area contributed by atoms with Crippen LogP contribution in [0.4, 0.5) is 4.39 Å². The van der Waals surface area contributed by atoms with Crippen LogP contribution in [0, 0.1) is 5.82 Å². The minimum atomic E-state index is -0.508. The summed E-state index contributed by atoms with van der Waals surface area (Å²) in [6.45, 7) is 1.77. The zero-order valence-electron chi connectivity index (χ0n) is 15.0. The van der Waals surface area contributed by atoms with Gasteiger partial charge in [-0.3, -0.25) is 9.78 Å². The van der Waals surface area contributed by atoms with Crippen LogP contribution in [-0.4, -0.2) is 53.2 Å². The summed E-state index contributed by atoms with van der Waals surface area (Å²) < 4.78 is 17.3. The number of hydrogen-bond acceptors (Lipinski definition) is 5. The molecule has 1 aliphatic heterocycles. The lowest BCUT2D eigenvalue weighted by atomic mass is 9.96. The third-order valence-electron chi connectivity index (χ3n) is 4.91. The standard InChI is InChI=1S/C18H20FN7O/c1-24-16(11-25-6-4-20-12-25)22-23-17(24)13-3-2-5-26(10-13)18(27)14-7-15(19)9-21-8-14/h4,6-9,12-13H,2-3,5,10-11H2,1H3/t13-/m1/s1. The number of likely N-dealkylation sites (tertiary alicyclic amines) is 1. The summed E-state index contributed by atoms with van der Waals surface area (Å²) in [5, 5.41) is 8.68. The summed E-state index contributed by atoms with van der Waals surface area (Å²) in [6.07, 6.45) is 9.64. The molecule has 0 spiro atoms. The van der Waals surface area contributed by atoms with Crippen molar-refractivity contribution in [3.05, 3.63) is 60.2 Å². The monoisotopic (exact) mass is 369 g/mol. The van der Waals surface area contributed by atoms with Gasteiger partial charge in [0, 0.05) is 44.6 Å². The number of halogens is 1. The Morgan fingerprint density at radius 2 is 2.19 bits per heavy atom. The number of aromatic nitrogens is 6. The highest BCUT2D eigenvalue weighted by atomic mass is 19.1. The fourth-order valence-electron chi connectivity index (χ4n) is 3.50.